The number of hydrogen-bond acceptors (Lipinski definition) is 7. The molecule has 1 aliphatic carbocycles. The van der Waals surface area contributed by atoms with Crippen LogP contribution in [0.5, 0.6) is 0 Å². The van der Waals surface area contributed by atoms with E-state index in [2.05, 4.69) is 16.3 Å². The van der Waals surface area contributed by atoms with Gasteiger partial charge in [-0.3, -0.25) is 4.52 Å². The number of nitrogens with zero attached hydrogens (tertiary/aromatic N) is 4. The number of aryl methyl sites for hydroxylation is 2. The summed E-state index contributed by atoms with van der Waals surface area (Å²) in [6.07, 6.45) is 5.95. The summed E-state index contributed by atoms with van der Waals surface area (Å²) in [4.78, 5) is 9.92. The smallest absolute Gasteiger partial charge is 0.320 e. The van der Waals surface area contributed by atoms with Crippen molar-refractivity contribution in [3.05, 3.63) is 28.4 Å². The van der Waals surface area contributed by atoms with Gasteiger partial charge in [-0.2, -0.15) is 0 Å². The Balaban J connectivity index is 1.74. The maximum Gasteiger partial charge on any atom is 0.320 e. The van der Waals surface area contributed by atoms with E-state index in [4.69, 9.17) is 15.2 Å². The van der Waals surface area contributed by atoms with Crippen molar-refractivity contribution in [2.24, 2.45) is 4.99 Å². The third-order valence-corrected chi connectivity index (χ3v) is 5.51. The molecule has 0 amide bonds. The molecule has 8 heteroatoms. The number of pyridine rings is 1. The van der Waals surface area contributed by atoms with Crippen molar-refractivity contribution in [3.8, 4) is 0 Å². The summed E-state index contributed by atoms with van der Waals surface area (Å²) in [5.41, 5.74) is 9.04. The van der Waals surface area contributed by atoms with E-state index in [9.17, 15) is 5.11 Å². The molecular formula is C17H19N5O2S. The number of anilines is 1. The molecule has 1 aliphatic rings. The lowest BCUT2D eigenvalue weighted by molar-refractivity contribution is -0.779. The second kappa shape index (κ2) is 6.11. The summed E-state index contributed by atoms with van der Waals surface area (Å²) in [5.74, 6) is -0.256. The van der Waals surface area contributed by atoms with Gasteiger partial charge in [-0.1, -0.05) is 0 Å². The highest BCUT2D eigenvalue weighted by Crippen LogP contribution is 2.35. The van der Waals surface area contributed by atoms with Crippen LogP contribution in [0.1, 0.15) is 48.9 Å². The molecule has 3 aromatic heterocycles. The lowest BCUT2D eigenvalue weighted by Crippen LogP contribution is -2.36. The Bertz CT molecular complexity index is 973. The van der Waals surface area contributed by atoms with E-state index in [-0.39, 0.29) is 11.9 Å². The number of aromatic nitrogens is 3. The van der Waals surface area contributed by atoms with Crippen LogP contribution in [0.2, 0.25) is 0 Å². The first-order valence-electron chi connectivity index (χ1n) is 8.38. The van der Waals surface area contributed by atoms with Gasteiger partial charge in [0.25, 0.3) is 6.20 Å². The normalized spacial score (nSPS) is 15.1. The molecular weight excluding hydrogens is 338 g/mol. The first-order valence-corrected chi connectivity index (χ1v) is 9.19. The Morgan fingerprint density at radius 2 is 2.20 bits per heavy atom. The molecule has 4 rings (SSSR count). The highest BCUT2D eigenvalue weighted by molar-refractivity contribution is 7.21. The van der Waals surface area contributed by atoms with Crippen LogP contribution in [-0.2, 0) is 12.8 Å². The quantitative estimate of drug-likeness (QED) is 0.439. The Kier molecular flexibility index (Phi) is 3.91. The van der Waals surface area contributed by atoms with Crippen LogP contribution in [0.3, 0.4) is 0 Å². The fourth-order valence-corrected chi connectivity index (χ4v) is 3.99. The van der Waals surface area contributed by atoms with Crippen LogP contribution in [0, 0.1) is 0 Å². The number of hydrogen-bond donors (Lipinski definition) is 1. The molecule has 0 unspecified atom stereocenters. The van der Waals surface area contributed by atoms with Crippen molar-refractivity contribution >= 4 is 39.0 Å². The van der Waals surface area contributed by atoms with E-state index in [1.54, 1.807) is 10.9 Å². The number of fused-ring (bicyclic) bond motifs is 2. The van der Waals surface area contributed by atoms with Gasteiger partial charge in [0, 0.05) is 17.0 Å². The average Bonchev–Trinajstić information content (AvgIpc) is 3.18. The zero-order valence-electron chi connectivity index (χ0n) is 14.2. The van der Waals surface area contributed by atoms with Gasteiger partial charge in [0.1, 0.15) is 4.83 Å². The second-order valence-corrected chi connectivity index (χ2v) is 7.53. The van der Waals surface area contributed by atoms with Gasteiger partial charge >= 0.3 is 5.88 Å². The summed E-state index contributed by atoms with van der Waals surface area (Å²) >= 11 is 1.29. The van der Waals surface area contributed by atoms with Crippen molar-refractivity contribution in [3.63, 3.8) is 0 Å². The summed E-state index contributed by atoms with van der Waals surface area (Å²) in [6, 6.07) is 2.22. The summed E-state index contributed by atoms with van der Waals surface area (Å²) in [7, 11) is 0. The van der Waals surface area contributed by atoms with Crippen LogP contribution in [0.25, 0.3) is 10.2 Å². The molecule has 3 heterocycles. The largest absolute Gasteiger partial charge is 0.857 e. The lowest BCUT2D eigenvalue weighted by atomic mass is 9.95. The zero-order chi connectivity index (χ0) is 17.6. The van der Waals surface area contributed by atoms with Crippen LogP contribution >= 0.6 is 11.3 Å². The van der Waals surface area contributed by atoms with Crippen molar-refractivity contribution in [2.45, 2.75) is 45.6 Å². The summed E-state index contributed by atoms with van der Waals surface area (Å²) in [5, 5.41) is 17.2. The molecule has 130 valence electrons. The van der Waals surface area contributed by atoms with Crippen LogP contribution in [-0.4, -0.2) is 16.2 Å². The van der Waals surface area contributed by atoms with E-state index in [0.717, 1.165) is 35.2 Å². The van der Waals surface area contributed by atoms with Crippen LogP contribution < -0.4 is 15.5 Å². The second-order valence-electron chi connectivity index (χ2n) is 6.53. The zero-order valence-corrected chi connectivity index (χ0v) is 15.0. The molecule has 0 saturated heterocycles. The number of rotatable bonds is 3. The minimum atomic E-state index is -0.425. The van der Waals surface area contributed by atoms with Gasteiger partial charge < -0.3 is 10.8 Å². The number of nitrogens with two attached hydrogens (primary N) is 1. The first kappa shape index (κ1) is 16.0. The van der Waals surface area contributed by atoms with Crippen molar-refractivity contribution < 1.29 is 14.3 Å². The molecule has 25 heavy (non-hydrogen) atoms. The minimum absolute atomic E-state index is 0.132. The van der Waals surface area contributed by atoms with Gasteiger partial charge in [0.2, 0.25) is 5.27 Å². The van der Waals surface area contributed by atoms with E-state index in [1.807, 2.05) is 13.8 Å². The first-order chi connectivity index (χ1) is 12.0. The maximum absolute atomic E-state index is 12.5. The molecule has 0 bridgehead atoms. The Morgan fingerprint density at radius 1 is 1.40 bits per heavy atom. The third kappa shape index (κ3) is 2.86. The fraction of sp³-hybridized carbons (Fsp3) is 0.412. The maximum atomic E-state index is 12.5. The molecule has 0 fully saturated rings. The Morgan fingerprint density at radius 3 is 2.96 bits per heavy atom. The standard InChI is InChI=1S/C17H19N5O2S/c1-9(2)22-8-13(24-21-22)20-16(23)15-14(18)11-7-10-5-3-4-6-12(10)19-17(11)25-15/h7-9H,3-6H2,1-2H3,(H2-,18,20,21,23). The highest BCUT2D eigenvalue weighted by Gasteiger charge is 2.18. The van der Waals surface area contributed by atoms with Crippen LogP contribution in [0.4, 0.5) is 11.6 Å². The van der Waals surface area contributed by atoms with Gasteiger partial charge in [0.15, 0.2) is 6.04 Å². The van der Waals surface area contributed by atoms with E-state index in [0.29, 0.717) is 10.6 Å². The lowest BCUT2D eigenvalue weighted by Gasteiger charge is -2.14. The van der Waals surface area contributed by atoms with Crippen molar-refractivity contribution in [1.29, 1.82) is 0 Å². The predicted octanol–water partition coefficient (Wildman–Crippen LogP) is 2.05. The average molecular weight is 357 g/mol. The minimum Gasteiger partial charge on any atom is -0.857 e. The predicted molar refractivity (Wildman–Crippen MR) is 94.0 cm³/mol. The van der Waals surface area contributed by atoms with E-state index < -0.39 is 5.90 Å². The molecule has 2 N–H and O–H groups in total. The summed E-state index contributed by atoms with van der Waals surface area (Å²) < 4.78 is 6.69. The molecule has 0 spiro atoms. The summed E-state index contributed by atoms with van der Waals surface area (Å²) in [6.45, 7) is 3.93. The molecule has 3 aromatic rings. The fourth-order valence-electron chi connectivity index (χ4n) is 3.01. The third-order valence-electron chi connectivity index (χ3n) is 4.41. The number of nitrogen functional groups attached to an aromatic ring is 1. The van der Waals surface area contributed by atoms with E-state index >= 15 is 0 Å². The molecule has 7 nitrogen and oxygen atoms in total. The molecule has 0 saturated carbocycles. The van der Waals surface area contributed by atoms with Gasteiger partial charge in [-0.15, -0.1) is 11.3 Å². The van der Waals surface area contributed by atoms with Gasteiger partial charge in [0.05, 0.1) is 10.6 Å². The molecule has 0 radical (unpaired) electrons. The number of thiophene rings is 1. The Labute approximate surface area is 148 Å². The van der Waals surface area contributed by atoms with Crippen molar-refractivity contribution in [1.82, 2.24) is 10.3 Å². The van der Waals surface area contributed by atoms with Gasteiger partial charge in [-0.05, 0) is 55.8 Å². The van der Waals surface area contributed by atoms with Crippen molar-refractivity contribution in [2.75, 3.05) is 5.73 Å². The Hall–Kier alpha value is -2.48. The molecule has 0 atom stereocenters. The highest BCUT2D eigenvalue weighted by atomic mass is 32.1. The molecule has 0 aliphatic heterocycles. The van der Waals surface area contributed by atoms with E-state index in [1.165, 1.54) is 23.3 Å². The molecule has 0 aromatic carbocycles. The topological polar surface area (TPSA) is 104 Å². The monoisotopic (exact) mass is 357 g/mol. The number of aliphatic imine (C=N–C) groups is 1. The van der Waals surface area contributed by atoms with Gasteiger partial charge in [-0.25, -0.2) is 9.98 Å². The van der Waals surface area contributed by atoms with Crippen LogP contribution in [0.15, 0.2) is 21.8 Å². The SMILES string of the molecule is CC(C)[n+]1cc(/N=C(\[O-])c2sc3nc4c(cc3c2N)CCCC4)on1.